The second kappa shape index (κ2) is 9.78. The van der Waals surface area contributed by atoms with E-state index in [0.29, 0.717) is 23.9 Å². The molecule has 0 unspecified atom stereocenters. The molecule has 2 aromatic rings. The lowest BCUT2D eigenvalue weighted by molar-refractivity contribution is -0.113. The first-order chi connectivity index (χ1) is 13.6. The Kier molecular flexibility index (Phi) is 7.14. The number of nitrogens with zero attached hydrogens (tertiary/aromatic N) is 3. The van der Waals surface area contributed by atoms with E-state index < -0.39 is 0 Å². The molecule has 1 saturated carbocycles. The minimum Gasteiger partial charge on any atom is -0.495 e. The summed E-state index contributed by atoms with van der Waals surface area (Å²) in [7, 11) is 1.60. The molecular formula is C21H28N4O2S. The first-order valence-corrected chi connectivity index (χ1v) is 10.7. The Morgan fingerprint density at radius 2 is 2.14 bits per heavy atom. The maximum absolute atomic E-state index is 12.5. The molecule has 1 heterocycles. The summed E-state index contributed by atoms with van der Waals surface area (Å²) in [5.74, 6) is 2.31. The summed E-state index contributed by atoms with van der Waals surface area (Å²) in [6.07, 6.45) is 7.97. The van der Waals surface area contributed by atoms with Crippen LogP contribution in [0.15, 0.2) is 36.0 Å². The largest absolute Gasteiger partial charge is 0.495 e. The Morgan fingerprint density at radius 3 is 2.86 bits per heavy atom. The van der Waals surface area contributed by atoms with E-state index in [1.165, 1.54) is 31.0 Å². The van der Waals surface area contributed by atoms with Crippen LogP contribution in [0, 0.1) is 6.92 Å². The predicted octanol–water partition coefficient (Wildman–Crippen LogP) is 4.56. The van der Waals surface area contributed by atoms with Crippen molar-refractivity contribution in [3.05, 3.63) is 42.2 Å². The number of rotatable bonds is 8. The third kappa shape index (κ3) is 4.95. The van der Waals surface area contributed by atoms with Crippen LogP contribution in [0.1, 0.15) is 49.4 Å². The molecule has 0 atom stereocenters. The summed E-state index contributed by atoms with van der Waals surface area (Å²) in [5, 5.41) is 12.5. The van der Waals surface area contributed by atoms with Crippen LogP contribution in [0.3, 0.4) is 0 Å². The highest BCUT2D eigenvalue weighted by molar-refractivity contribution is 7.99. The Labute approximate surface area is 170 Å². The molecule has 0 aliphatic heterocycles. The van der Waals surface area contributed by atoms with Crippen molar-refractivity contribution in [3.8, 4) is 5.75 Å². The van der Waals surface area contributed by atoms with E-state index in [1.807, 2.05) is 31.2 Å². The maximum atomic E-state index is 12.5. The number of carbonyl (C=O) groups is 1. The van der Waals surface area contributed by atoms with Gasteiger partial charge in [-0.05, 0) is 37.5 Å². The van der Waals surface area contributed by atoms with Gasteiger partial charge < -0.3 is 14.6 Å². The normalized spacial score (nSPS) is 14.6. The molecule has 0 saturated heterocycles. The SMILES string of the molecule is C=CCn1c(SCC(=O)Nc2cc(C)ccc2OC)nnc1C1CCCCC1. The van der Waals surface area contributed by atoms with Crippen molar-refractivity contribution in [2.24, 2.45) is 0 Å². The second-order valence-corrected chi connectivity index (χ2v) is 8.06. The van der Waals surface area contributed by atoms with Crippen LogP contribution in [0.25, 0.3) is 0 Å². The number of allylic oxidation sites excluding steroid dienone is 1. The van der Waals surface area contributed by atoms with Gasteiger partial charge in [-0.15, -0.1) is 16.8 Å². The number of amides is 1. The third-order valence-electron chi connectivity index (χ3n) is 4.99. The number of hydrogen-bond donors (Lipinski definition) is 1. The standard InChI is InChI=1S/C21H28N4O2S/c1-4-12-25-20(16-8-6-5-7-9-16)23-24-21(25)28-14-19(26)22-17-13-15(2)10-11-18(17)27-3/h4,10-11,13,16H,1,5-9,12,14H2,2-3H3,(H,22,26). The van der Waals surface area contributed by atoms with Gasteiger partial charge in [0.25, 0.3) is 0 Å². The molecule has 0 spiro atoms. The molecule has 150 valence electrons. The number of anilines is 1. The molecule has 3 rings (SSSR count). The fraction of sp³-hybridized carbons (Fsp3) is 0.476. The zero-order chi connectivity index (χ0) is 19.9. The molecule has 1 aliphatic rings. The van der Waals surface area contributed by atoms with Crippen LogP contribution in [0.5, 0.6) is 5.75 Å². The lowest BCUT2D eigenvalue weighted by atomic mass is 9.89. The van der Waals surface area contributed by atoms with Crippen LogP contribution in [0.2, 0.25) is 0 Å². The van der Waals surface area contributed by atoms with Gasteiger partial charge in [-0.1, -0.05) is 43.2 Å². The van der Waals surface area contributed by atoms with Crippen molar-refractivity contribution in [3.63, 3.8) is 0 Å². The summed E-state index contributed by atoms with van der Waals surface area (Å²) in [6, 6.07) is 5.71. The molecule has 1 aliphatic carbocycles. The first-order valence-electron chi connectivity index (χ1n) is 9.73. The molecule has 7 heteroatoms. The van der Waals surface area contributed by atoms with Crippen LogP contribution in [-0.2, 0) is 11.3 Å². The van der Waals surface area contributed by atoms with Gasteiger partial charge in [-0.3, -0.25) is 4.79 Å². The molecule has 1 fully saturated rings. The molecule has 1 aromatic carbocycles. The molecule has 28 heavy (non-hydrogen) atoms. The molecule has 1 N–H and O–H groups in total. The fourth-order valence-electron chi connectivity index (χ4n) is 3.61. The second-order valence-electron chi connectivity index (χ2n) is 7.12. The number of aryl methyl sites for hydroxylation is 1. The fourth-order valence-corrected chi connectivity index (χ4v) is 4.36. The summed E-state index contributed by atoms with van der Waals surface area (Å²) in [5.41, 5.74) is 1.75. The number of benzene rings is 1. The highest BCUT2D eigenvalue weighted by Crippen LogP contribution is 2.33. The van der Waals surface area contributed by atoms with Crippen LogP contribution < -0.4 is 10.1 Å². The Bertz CT molecular complexity index is 828. The van der Waals surface area contributed by atoms with E-state index in [9.17, 15) is 4.79 Å². The number of hydrogen-bond acceptors (Lipinski definition) is 5. The van der Waals surface area contributed by atoms with Crippen LogP contribution in [-0.4, -0.2) is 33.5 Å². The van der Waals surface area contributed by atoms with E-state index in [-0.39, 0.29) is 11.7 Å². The smallest absolute Gasteiger partial charge is 0.234 e. The lowest BCUT2D eigenvalue weighted by Gasteiger charge is -2.21. The van der Waals surface area contributed by atoms with E-state index in [1.54, 1.807) is 7.11 Å². The average Bonchev–Trinajstić information content (AvgIpc) is 3.10. The van der Waals surface area contributed by atoms with Gasteiger partial charge in [0.15, 0.2) is 5.16 Å². The van der Waals surface area contributed by atoms with Gasteiger partial charge in [0, 0.05) is 12.5 Å². The third-order valence-corrected chi connectivity index (χ3v) is 5.96. The number of nitrogens with one attached hydrogen (secondary N) is 1. The number of ether oxygens (including phenoxy) is 1. The molecular weight excluding hydrogens is 372 g/mol. The van der Waals surface area contributed by atoms with Crippen molar-refractivity contribution in [2.45, 2.75) is 56.6 Å². The van der Waals surface area contributed by atoms with Crippen molar-refractivity contribution < 1.29 is 9.53 Å². The topological polar surface area (TPSA) is 69.0 Å². The Hall–Kier alpha value is -2.28. The number of carbonyl (C=O) groups excluding carboxylic acids is 1. The van der Waals surface area contributed by atoms with E-state index >= 15 is 0 Å². The zero-order valence-corrected chi connectivity index (χ0v) is 17.4. The number of aromatic nitrogens is 3. The molecule has 6 nitrogen and oxygen atoms in total. The first kappa shape index (κ1) is 20.5. The number of methoxy groups -OCH3 is 1. The summed E-state index contributed by atoms with van der Waals surface area (Å²) < 4.78 is 7.43. The van der Waals surface area contributed by atoms with E-state index in [0.717, 1.165) is 29.4 Å². The van der Waals surface area contributed by atoms with Gasteiger partial charge in [-0.25, -0.2) is 0 Å². The van der Waals surface area contributed by atoms with Crippen molar-refractivity contribution in [1.29, 1.82) is 0 Å². The van der Waals surface area contributed by atoms with Gasteiger partial charge in [0.1, 0.15) is 11.6 Å². The van der Waals surface area contributed by atoms with Crippen LogP contribution >= 0.6 is 11.8 Å². The molecule has 0 radical (unpaired) electrons. The molecule has 1 aromatic heterocycles. The van der Waals surface area contributed by atoms with Gasteiger partial charge in [0.05, 0.1) is 18.6 Å². The highest BCUT2D eigenvalue weighted by atomic mass is 32.2. The van der Waals surface area contributed by atoms with Crippen LogP contribution in [0.4, 0.5) is 5.69 Å². The molecule has 0 bridgehead atoms. The van der Waals surface area contributed by atoms with Gasteiger partial charge in [-0.2, -0.15) is 0 Å². The quantitative estimate of drug-likeness (QED) is 0.520. The van der Waals surface area contributed by atoms with Crippen molar-refractivity contribution in [1.82, 2.24) is 14.8 Å². The highest BCUT2D eigenvalue weighted by Gasteiger charge is 2.23. The summed E-state index contributed by atoms with van der Waals surface area (Å²) >= 11 is 1.41. The maximum Gasteiger partial charge on any atom is 0.234 e. The Balaban J connectivity index is 1.67. The lowest BCUT2D eigenvalue weighted by Crippen LogP contribution is -2.16. The van der Waals surface area contributed by atoms with Crippen molar-refractivity contribution in [2.75, 3.05) is 18.2 Å². The minimum atomic E-state index is -0.0960. The zero-order valence-electron chi connectivity index (χ0n) is 16.6. The summed E-state index contributed by atoms with van der Waals surface area (Å²) in [6.45, 7) is 6.50. The van der Waals surface area contributed by atoms with Gasteiger partial charge >= 0.3 is 0 Å². The van der Waals surface area contributed by atoms with E-state index in [2.05, 4.69) is 26.7 Å². The average molecular weight is 401 g/mol. The van der Waals surface area contributed by atoms with Crippen molar-refractivity contribution >= 4 is 23.4 Å². The minimum absolute atomic E-state index is 0.0960. The summed E-state index contributed by atoms with van der Waals surface area (Å²) in [4.78, 5) is 12.5. The number of thioether (sulfide) groups is 1. The predicted molar refractivity (Wildman–Crippen MR) is 113 cm³/mol. The Morgan fingerprint density at radius 1 is 1.36 bits per heavy atom. The van der Waals surface area contributed by atoms with Gasteiger partial charge in [0.2, 0.25) is 5.91 Å². The monoisotopic (exact) mass is 400 g/mol. The van der Waals surface area contributed by atoms with E-state index in [4.69, 9.17) is 4.74 Å². The molecule has 1 amide bonds.